The zero-order chi connectivity index (χ0) is 17.5. The minimum atomic E-state index is -0.401. The third-order valence-corrected chi connectivity index (χ3v) is 3.91. The maximum Gasteiger partial charge on any atom is 0.264 e. The van der Waals surface area contributed by atoms with Crippen molar-refractivity contribution in [3.63, 3.8) is 0 Å². The molecule has 1 amide bonds. The van der Waals surface area contributed by atoms with Crippen LogP contribution in [-0.2, 0) is 4.79 Å². The monoisotopic (exact) mass is 384 g/mol. The van der Waals surface area contributed by atoms with Gasteiger partial charge in [0.1, 0.15) is 11.5 Å². The third-order valence-electron chi connectivity index (χ3n) is 2.88. The van der Waals surface area contributed by atoms with Gasteiger partial charge in [0.25, 0.3) is 5.91 Å². The third kappa shape index (κ3) is 5.26. The Morgan fingerprint density at radius 3 is 2.46 bits per heavy atom. The molecular weight excluding hydrogens is 371 g/mol. The molecule has 0 aliphatic heterocycles. The summed E-state index contributed by atoms with van der Waals surface area (Å²) in [6, 6.07) is 11.9. The van der Waals surface area contributed by atoms with Crippen molar-refractivity contribution in [3.05, 3.63) is 52.5 Å². The van der Waals surface area contributed by atoms with Gasteiger partial charge in [0.15, 0.2) is 11.7 Å². The van der Waals surface area contributed by atoms with Gasteiger partial charge in [0.05, 0.1) is 22.8 Å². The van der Waals surface area contributed by atoms with Gasteiger partial charge < -0.3 is 14.8 Å². The maximum atomic E-state index is 11.8. The molecule has 5 nitrogen and oxygen atoms in total. The lowest BCUT2D eigenvalue weighted by atomic mass is 10.3. The molecule has 8 heteroatoms. The molecule has 2 aromatic carbocycles. The van der Waals surface area contributed by atoms with Crippen molar-refractivity contribution >= 4 is 52.1 Å². The van der Waals surface area contributed by atoms with E-state index in [0.717, 1.165) is 0 Å². The molecule has 0 bridgehead atoms. The number of anilines is 1. The van der Waals surface area contributed by atoms with Crippen LogP contribution in [0.2, 0.25) is 10.0 Å². The maximum absolute atomic E-state index is 11.8. The van der Waals surface area contributed by atoms with Gasteiger partial charge in [-0.25, -0.2) is 0 Å². The van der Waals surface area contributed by atoms with Crippen molar-refractivity contribution in [3.8, 4) is 11.5 Å². The smallest absolute Gasteiger partial charge is 0.264 e. The highest BCUT2D eigenvalue weighted by Gasteiger charge is 2.09. The van der Waals surface area contributed by atoms with Gasteiger partial charge in [0.2, 0.25) is 0 Å². The predicted octanol–water partition coefficient (Wildman–Crippen LogP) is 3.89. The molecule has 0 aliphatic rings. The lowest BCUT2D eigenvalue weighted by Gasteiger charge is -2.12. The van der Waals surface area contributed by atoms with E-state index in [0.29, 0.717) is 27.2 Å². The average molecular weight is 385 g/mol. The molecular formula is C16H14Cl2N2O3S. The minimum absolute atomic E-state index is 0.0995. The molecule has 2 rings (SSSR count). The number of carbonyl (C=O) groups excluding carboxylic acids is 1. The fraction of sp³-hybridized carbons (Fsp3) is 0.125. The van der Waals surface area contributed by atoms with Crippen LogP contribution in [0.3, 0.4) is 0 Å². The second kappa shape index (κ2) is 8.73. The molecule has 2 aromatic rings. The molecule has 24 heavy (non-hydrogen) atoms. The van der Waals surface area contributed by atoms with Crippen molar-refractivity contribution < 1.29 is 14.3 Å². The first kappa shape index (κ1) is 18.3. The number of nitrogens with one attached hydrogen (secondary N) is 2. The van der Waals surface area contributed by atoms with Crippen LogP contribution in [0.15, 0.2) is 42.5 Å². The fourth-order valence-electron chi connectivity index (χ4n) is 1.74. The van der Waals surface area contributed by atoms with Crippen molar-refractivity contribution in [1.82, 2.24) is 5.32 Å². The molecule has 0 atom stereocenters. The summed E-state index contributed by atoms with van der Waals surface area (Å²) in [6.07, 6.45) is 0. The van der Waals surface area contributed by atoms with E-state index in [9.17, 15) is 4.79 Å². The summed E-state index contributed by atoms with van der Waals surface area (Å²) >= 11 is 17.0. The van der Waals surface area contributed by atoms with Gasteiger partial charge in [-0.05, 0) is 48.6 Å². The lowest BCUT2D eigenvalue weighted by molar-refractivity contribution is -0.121. The zero-order valence-corrected chi connectivity index (χ0v) is 15.0. The summed E-state index contributed by atoms with van der Waals surface area (Å²) < 4.78 is 10.4. The van der Waals surface area contributed by atoms with Gasteiger partial charge >= 0.3 is 0 Å². The average Bonchev–Trinajstić information content (AvgIpc) is 2.57. The lowest BCUT2D eigenvalue weighted by Crippen LogP contribution is -2.37. The number of benzene rings is 2. The summed E-state index contributed by atoms with van der Waals surface area (Å²) in [7, 11) is 1.57. The Morgan fingerprint density at radius 2 is 1.79 bits per heavy atom. The number of rotatable bonds is 5. The molecule has 0 spiro atoms. The molecule has 0 aliphatic carbocycles. The quantitative estimate of drug-likeness (QED) is 0.765. The first-order chi connectivity index (χ1) is 11.5. The number of thiocarbonyl (C=S) groups is 1. The zero-order valence-electron chi connectivity index (χ0n) is 12.6. The van der Waals surface area contributed by atoms with Crippen LogP contribution in [0, 0.1) is 0 Å². The normalized spacial score (nSPS) is 9.96. The minimum Gasteiger partial charge on any atom is -0.497 e. The van der Waals surface area contributed by atoms with Crippen LogP contribution in [0.5, 0.6) is 11.5 Å². The number of carbonyl (C=O) groups is 1. The standard InChI is InChI=1S/C16H14Cl2N2O3S/c1-22-10-5-7-11(8-6-10)23-9-14(21)20-16(24)19-13-4-2-3-12(17)15(13)18/h2-8H,9H2,1H3,(H2,19,20,21,24). The van der Waals surface area contributed by atoms with E-state index in [1.807, 2.05) is 0 Å². The molecule has 0 heterocycles. The number of halogens is 2. The van der Waals surface area contributed by atoms with Crippen LogP contribution in [-0.4, -0.2) is 24.7 Å². The van der Waals surface area contributed by atoms with Gasteiger partial charge in [-0.3, -0.25) is 10.1 Å². The molecule has 0 saturated carbocycles. The van der Waals surface area contributed by atoms with Crippen molar-refractivity contribution in [2.45, 2.75) is 0 Å². The van der Waals surface area contributed by atoms with Crippen LogP contribution in [0.1, 0.15) is 0 Å². The predicted molar refractivity (Wildman–Crippen MR) is 99.3 cm³/mol. The SMILES string of the molecule is COc1ccc(OCC(=O)NC(=S)Nc2cccc(Cl)c2Cl)cc1. The Hall–Kier alpha value is -2.02. The fourth-order valence-corrected chi connectivity index (χ4v) is 2.31. The number of hydrogen-bond acceptors (Lipinski definition) is 4. The van der Waals surface area contributed by atoms with E-state index in [2.05, 4.69) is 10.6 Å². The number of ether oxygens (including phenoxy) is 2. The van der Waals surface area contributed by atoms with Gasteiger partial charge in [0, 0.05) is 0 Å². The van der Waals surface area contributed by atoms with Crippen LogP contribution in [0.4, 0.5) is 5.69 Å². The Bertz CT molecular complexity index is 739. The molecule has 0 radical (unpaired) electrons. The van der Waals surface area contributed by atoms with Crippen molar-refractivity contribution in [2.75, 3.05) is 19.0 Å². The Kier molecular flexibility index (Phi) is 6.66. The molecule has 0 aromatic heterocycles. The summed E-state index contributed by atoms with van der Waals surface area (Å²) in [6.45, 7) is -0.183. The second-order valence-corrected chi connectivity index (χ2v) is 5.76. The van der Waals surface area contributed by atoms with Crippen LogP contribution >= 0.6 is 35.4 Å². The Balaban J connectivity index is 1.83. The molecule has 0 unspecified atom stereocenters. The van der Waals surface area contributed by atoms with E-state index in [1.54, 1.807) is 49.6 Å². The van der Waals surface area contributed by atoms with Crippen LogP contribution < -0.4 is 20.1 Å². The van der Waals surface area contributed by atoms with E-state index < -0.39 is 5.91 Å². The largest absolute Gasteiger partial charge is 0.497 e. The highest BCUT2D eigenvalue weighted by molar-refractivity contribution is 7.80. The molecule has 0 fully saturated rings. The molecule has 0 saturated heterocycles. The molecule has 126 valence electrons. The van der Waals surface area contributed by atoms with E-state index in [1.165, 1.54) is 0 Å². The Labute approximate surface area is 154 Å². The first-order valence-electron chi connectivity index (χ1n) is 6.81. The number of amides is 1. The van der Waals surface area contributed by atoms with Crippen LogP contribution in [0.25, 0.3) is 0 Å². The first-order valence-corrected chi connectivity index (χ1v) is 7.97. The summed E-state index contributed by atoms with van der Waals surface area (Å²) in [5.41, 5.74) is 0.505. The number of hydrogen-bond donors (Lipinski definition) is 2. The van der Waals surface area contributed by atoms with Gasteiger partial charge in [-0.2, -0.15) is 0 Å². The molecule has 2 N–H and O–H groups in total. The number of methoxy groups -OCH3 is 1. The highest BCUT2D eigenvalue weighted by Crippen LogP contribution is 2.29. The van der Waals surface area contributed by atoms with Gasteiger partial charge in [-0.1, -0.05) is 29.3 Å². The van der Waals surface area contributed by atoms with E-state index in [4.69, 9.17) is 44.9 Å². The Morgan fingerprint density at radius 1 is 1.12 bits per heavy atom. The summed E-state index contributed by atoms with van der Waals surface area (Å²) in [4.78, 5) is 11.8. The summed E-state index contributed by atoms with van der Waals surface area (Å²) in [5.74, 6) is 0.847. The topological polar surface area (TPSA) is 59.6 Å². The van der Waals surface area contributed by atoms with E-state index in [-0.39, 0.29) is 11.7 Å². The van der Waals surface area contributed by atoms with Gasteiger partial charge in [-0.15, -0.1) is 0 Å². The summed E-state index contributed by atoms with van der Waals surface area (Å²) in [5, 5.41) is 6.12. The highest BCUT2D eigenvalue weighted by atomic mass is 35.5. The van der Waals surface area contributed by atoms with Crippen molar-refractivity contribution in [2.24, 2.45) is 0 Å². The van der Waals surface area contributed by atoms with Crippen molar-refractivity contribution in [1.29, 1.82) is 0 Å². The second-order valence-electron chi connectivity index (χ2n) is 4.57. The van der Waals surface area contributed by atoms with E-state index >= 15 is 0 Å².